The highest BCUT2D eigenvalue weighted by Gasteiger charge is 2.20. The highest BCUT2D eigenvalue weighted by Crippen LogP contribution is 2.26. The van der Waals surface area contributed by atoms with Crippen LogP contribution in [0.3, 0.4) is 0 Å². The molecule has 3 amide bonds. The van der Waals surface area contributed by atoms with Crippen molar-refractivity contribution < 1.29 is 18.7 Å². The van der Waals surface area contributed by atoms with Crippen LogP contribution in [0, 0.1) is 12.7 Å². The number of likely N-dealkylation sites (tertiary alicyclic amines) is 1. The molecular formula is C23H23FN4O3S. The molecule has 2 heterocycles. The van der Waals surface area contributed by atoms with Crippen LogP contribution in [0.2, 0.25) is 0 Å². The number of benzene rings is 2. The van der Waals surface area contributed by atoms with E-state index in [0.29, 0.717) is 32.7 Å². The number of hydrogen-bond acceptors (Lipinski definition) is 5. The summed E-state index contributed by atoms with van der Waals surface area (Å²) >= 11 is 1.23. The number of ether oxygens (including phenoxy) is 1. The van der Waals surface area contributed by atoms with E-state index in [-0.39, 0.29) is 24.4 Å². The van der Waals surface area contributed by atoms with Gasteiger partial charge in [0.1, 0.15) is 28.1 Å². The molecule has 3 aromatic rings. The fourth-order valence-electron chi connectivity index (χ4n) is 3.40. The topological polar surface area (TPSA) is 83.6 Å². The second-order valence-electron chi connectivity index (χ2n) is 7.39. The van der Waals surface area contributed by atoms with E-state index >= 15 is 0 Å². The molecule has 0 radical (unpaired) electrons. The first kappa shape index (κ1) is 21.8. The zero-order chi connectivity index (χ0) is 22.5. The maximum absolute atomic E-state index is 13.0. The Morgan fingerprint density at radius 1 is 1.06 bits per heavy atom. The summed E-state index contributed by atoms with van der Waals surface area (Å²) in [5, 5.41) is 6.39. The molecule has 1 aliphatic heterocycles. The van der Waals surface area contributed by atoms with Gasteiger partial charge in [0.05, 0.1) is 17.1 Å². The van der Waals surface area contributed by atoms with Gasteiger partial charge in [-0.2, -0.15) is 0 Å². The molecule has 0 unspecified atom stereocenters. The van der Waals surface area contributed by atoms with Gasteiger partial charge in [-0.3, -0.25) is 4.79 Å². The fraction of sp³-hybridized carbons (Fsp3) is 0.261. The number of rotatable bonds is 6. The average molecular weight is 455 g/mol. The quantitative estimate of drug-likeness (QED) is 0.546. The predicted molar refractivity (Wildman–Crippen MR) is 122 cm³/mol. The average Bonchev–Trinajstić information content (AvgIpc) is 3.45. The highest BCUT2D eigenvalue weighted by atomic mass is 32.1. The Bertz CT molecular complexity index is 1110. The number of thiazole rings is 1. The Hall–Kier alpha value is -3.46. The van der Waals surface area contributed by atoms with Gasteiger partial charge in [0.15, 0.2) is 0 Å². The molecule has 1 saturated heterocycles. The second kappa shape index (κ2) is 9.78. The Morgan fingerprint density at radius 3 is 2.41 bits per heavy atom. The Balaban J connectivity index is 1.41. The summed E-state index contributed by atoms with van der Waals surface area (Å²) in [6.07, 6.45) is 2.01. The van der Waals surface area contributed by atoms with Crippen LogP contribution in [-0.2, 0) is 6.61 Å². The van der Waals surface area contributed by atoms with Gasteiger partial charge in [0.2, 0.25) is 0 Å². The van der Waals surface area contributed by atoms with Gasteiger partial charge in [-0.05, 0) is 56.2 Å². The monoisotopic (exact) mass is 454 g/mol. The van der Waals surface area contributed by atoms with Gasteiger partial charge in [0.25, 0.3) is 5.91 Å². The lowest BCUT2D eigenvalue weighted by Gasteiger charge is -2.18. The first-order valence-electron chi connectivity index (χ1n) is 10.3. The normalized spacial score (nSPS) is 13.1. The van der Waals surface area contributed by atoms with Crippen molar-refractivity contribution in [1.29, 1.82) is 0 Å². The van der Waals surface area contributed by atoms with Gasteiger partial charge >= 0.3 is 6.03 Å². The van der Waals surface area contributed by atoms with Crippen LogP contribution in [0.4, 0.5) is 20.6 Å². The summed E-state index contributed by atoms with van der Waals surface area (Å²) in [7, 11) is 0. The molecule has 0 aliphatic carbocycles. The van der Waals surface area contributed by atoms with Crippen LogP contribution >= 0.6 is 11.3 Å². The van der Waals surface area contributed by atoms with Crippen LogP contribution in [0.1, 0.15) is 33.2 Å². The Labute approximate surface area is 189 Å². The summed E-state index contributed by atoms with van der Waals surface area (Å²) in [6, 6.07) is 12.6. The molecule has 7 nitrogen and oxygen atoms in total. The molecular weight excluding hydrogens is 431 g/mol. The van der Waals surface area contributed by atoms with Gasteiger partial charge in [-0.25, -0.2) is 14.2 Å². The molecule has 166 valence electrons. The molecule has 2 N–H and O–H groups in total. The molecule has 2 aromatic carbocycles. The standard InChI is InChI=1S/C23H23FN4O3S/c1-15-21(32-20(25-15)14-31-17-10-8-16(24)9-11-17)22(29)26-18-6-2-3-7-19(18)27-23(30)28-12-4-5-13-28/h2-3,6-11H,4-5,12-14H2,1H3,(H,26,29)(H,27,30). The molecule has 1 aliphatic rings. The Kier molecular flexibility index (Phi) is 6.65. The van der Waals surface area contributed by atoms with Crippen LogP contribution in [0.15, 0.2) is 48.5 Å². The maximum atomic E-state index is 13.0. The molecule has 1 fully saturated rings. The summed E-state index contributed by atoms with van der Waals surface area (Å²) < 4.78 is 18.6. The van der Waals surface area contributed by atoms with E-state index in [0.717, 1.165) is 25.9 Å². The number of aromatic nitrogens is 1. The molecule has 0 atom stereocenters. The maximum Gasteiger partial charge on any atom is 0.321 e. The number of anilines is 2. The van der Waals surface area contributed by atoms with Gasteiger partial charge in [0, 0.05) is 13.1 Å². The van der Waals surface area contributed by atoms with Crippen molar-refractivity contribution in [3.05, 3.63) is 69.9 Å². The summed E-state index contributed by atoms with van der Waals surface area (Å²) in [5.74, 6) is -0.123. The third-order valence-corrected chi connectivity index (χ3v) is 6.16. The van der Waals surface area contributed by atoms with Crippen molar-refractivity contribution in [1.82, 2.24) is 9.88 Å². The minimum absolute atomic E-state index is 0.168. The molecule has 0 spiro atoms. The Morgan fingerprint density at radius 2 is 1.72 bits per heavy atom. The zero-order valence-corrected chi connectivity index (χ0v) is 18.4. The molecule has 1 aromatic heterocycles. The van der Waals surface area contributed by atoms with Crippen molar-refractivity contribution in [3.8, 4) is 5.75 Å². The lowest BCUT2D eigenvalue weighted by atomic mass is 10.2. The van der Waals surface area contributed by atoms with E-state index in [1.54, 1.807) is 36.1 Å². The van der Waals surface area contributed by atoms with Crippen molar-refractivity contribution >= 4 is 34.6 Å². The fourth-order valence-corrected chi connectivity index (χ4v) is 4.27. The molecule has 9 heteroatoms. The van der Waals surface area contributed by atoms with Crippen LogP contribution < -0.4 is 15.4 Å². The smallest absolute Gasteiger partial charge is 0.321 e. The summed E-state index contributed by atoms with van der Waals surface area (Å²) in [4.78, 5) is 32.0. The number of nitrogens with zero attached hydrogens (tertiary/aromatic N) is 2. The summed E-state index contributed by atoms with van der Waals surface area (Å²) in [6.45, 7) is 3.41. The van der Waals surface area contributed by atoms with Crippen LogP contribution in [-0.4, -0.2) is 34.9 Å². The third-order valence-electron chi connectivity index (χ3n) is 5.03. The van der Waals surface area contributed by atoms with E-state index in [1.807, 2.05) is 0 Å². The number of hydrogen-bond donors (Lipinski definition) is 2. The van der Waals surface area contributed by atoms with Crippen LogP contribution in [0.25, 0.3) is 0 Å². The zero-order valence-electron chi connectivity index (χ0n) is 17.6. The van der Waals surface area contributed by atoms with Crippen molar-refractivity contribution in [2.45, 2.75) is 26.4 Å². The number of para-hydroxylation sites is 2. The van der Waals surface area contributed by atoms with Crippen molar-refractivity contribution in [3.63, 3.8) is 0 Å². The lowest BCUT2D eigenvalue weighted by Crippen LogP contribution is -2.32. The van der Waals surface area contributed by atoms with Crippen molar-refractivity contribution in [2.24, 2.45) is 0 Å². The number of amides is 3. The number of nitrogens with one attached hydrogen (secondary N) is 2. The molecule has 0 bridgehead atoms. The molecule has 0 saturated carbocycles. The number of halogens is 1. The number of carbonyl (C=O) groups is 2. The number of urea groups is 1. The lowest BCUT2D eigenvalue weighted by molar-refractivity contribution is 0.102. The van der Waals surface area contributed by atoms with E-state index in [1.165, 1.54) is 35.6 Å². The van der Waals surface area contributed by atoms with E-state index in [2.05, 4.69) is 15.6 Å². The minimum Gasteiger partial charge on any atom is -0.486 e. The van der Waals surface area contributed by atoms with Crippen LogP contribution in [0.5, 0.6) is 5.75 Å². The molecule has 4 rings (SSSR count). The van der Waals surface area contributed by atoms with Gasteiger partial charge in [-0.15, -0.1) is 11.3 Å². The minimum atomic E-state index is -0.335. The van der Waals surface area contributed by atoms with Gasteiger partial charge < -0.3 is 20.3 Å². The van der Waals surface area contributed by atoms with Gasteiger partial charge in [-0.1, -0.05) is 12.1 Å². The number of carbonyl (C=O) groups excluding carboxylic acids is 2. The highest BCUT2D eigenvalue weighted by molar-refractivity contribution is 7.13. The SMILES string of the molecule is Cc1nc(COc2ccc(F)cc2)sc1C(=O)Nc1ccccc1NC(=O)N1CCCC1. The third kappa shape index (κ3) is 5.23. The van der Waals surface area contributed by atoms with E-state index < -0.39 is 0 Å². The van der Waals surface area contributed by atoms with Crippen molar-refractivity contribution in [2.75, 3.05) is 23.7 Å². The van der Waals surface area contributed by atoms with E-state index in [9.17, 15) is 14.0 Å². The van der Waals surface area contributed by atoms with E-state index in [4.69, 9.17) is 4.74 Å². The largest absolute Gasteiger partial charge is 0.486 e. The predicted octanol–water partition coefficient (Wildman–Crippen LogP) is 5.05. The number of aryl methyl sites for hydroxylation is 1. The summed E-state index contributed by atoms with van der Waals surface area (Å²) in [5.41, 5.74) is 1.64. The molecule has 32 heavy (non-hydrogen) atoms. The first-order valence-corrected chi connectivity index (χ1v) is 11.1. The first-order chi connectivity index (χ1) is 15.5. The second-order valence-corrected chi connectivity index (χ2v) is 8.47.